The topological polar surface area (TPSA) is 100.0 Å². The van der Waals surface area contributed by atoms with Gasteiger partial charge in [-0.1, -0.05) is 0 Å². The molecule has 1 aliphatic heterocycles. The zero-order valence-corrected chi connectivity index (χ0v) is 12.7. The number of carbonyl (C=O) groups excluding carboxylic acids is 1. The first kappa shape index (κ1) is 16.2. The van der Waals surface area contributed by atoms with Crippen LogP contribution in [0.25, 0.3) is 0 Å². The van der Waals surface area contributed by atoms with E-state index >= 15 is 0 Å². The fourth-order valence-electron chi connectivity index (χ4n) is 2.38. The number of hydrogen-bond acceptors (Lipinski definition) is 5. The van der Waals surface area contributed by atoms with Gasteiger partial charge in [0.1, 0.15) is 0 Å². The highest BCUT2D eigenvalue weighted by Gasteiger charge is 2.41. The fourth-order valence-corrected chi connectivity index (χ4v) is 2.38. The summed E-state index contributed by atoms with van der Waals surface area (Å²) in [6, 6.07) is 3.18. The van der Waals surface area contributed by atoms with E-state index < -0.39 is 11.6 Å². The van der Waals surface area contributed by atoms with Crippen molar-refractivity contribution in [2.45, 2.75) is 38.4 Å². The van der Waals surface area contributed by atoms with Crippen LogP contribution in [0.3, 0.4) is 0 Å². The number of aliphatic hydroxyl groups is 1. The molecular formula is C15H20N2O5. The van der Waals surface area contributed by atoms with Gasteiger partial charge in [-0.15, -0.1) is 0 Å². The number of pyridine rings is 1. The number of aromatic nitrogens is 1. The minimum Gasteiger partial charge on any atom is -0.479 e. The molecule has 1 aromatic rings. The third-order valence-corrected chi connectivity index (χ3v) is 3.50. The summed E-state index contributed by atoms with van der Waals surface area (Å²) in [7, 11) is 0. The van der Waals surface area contributed by atoms with Crippen molar-refractivity contribution in [3.8, 4) is 5.88 Å². The summed E-state index contributed by atoms with van der Waals surface area (Å²) in [6.07, 6.45) is 1.97. The number of amides is 1. The van der Waals surface area contributed by atoms with Gasteiger partial charge in [-0.05, 0) is 32.8 Å². The van der Waals surface area contributed by atoms with E-state index in [-0.39, 0.29) is 25.0 Å². The molecule has 1 amide bonds. The van der Waals surface area contributed by atoms with Crippen molar-refractivity contribution in [1.29, 1.82) is 0 Å². The number of β-amino-alcohol motifs (C(OH)–C–C–N with tert-alkyl or cyclic N) is 1. The number of ether oxygens (including phenoxy) is 1. The van der Waals surface area contributed by atoms with Crippen LogP contribution in [0.4, 0.5) is 0 Å². The number of rotatable bonds is 4. The number of piperidine rings is 1. The van der Waals surface area contributed by atoms with Gasteiger partial charge in [-0.3, -0.25) is 4.79 Å². The molecule has 1 unspecified atom stereocenters. The lowest BCUT2D eigenvalue weighted by Gasteiger charge is -2.36. The number of carboxylic acid groups (broad SMARTS) is 1. The maximum atomic E-state index is 12.4. The summed E-state index contributed by atoms with van der Waals surface area (Å²) in [5.41, 5.74) is -1.53. The molecule has 1 atom stereocenters. The Balaban J connectivity index is 2.09. The molecule has 2 heterocycles. The molecule has 1 saturated heterocycles. The normalized spacial score (nSPS) is 21.7. The van der Waals surface area contributed by atoms with Crippen LogP contribution in [0.5, 0.6) is 5.88 Å². The van der Waals surface area contributed by atoms with Crippen LogP contribution in [-0.2, 0) is 4.79 Å². The van der Waals surface area contributed by atoms with Gasteiger partial charge in [0.25, 0.3) is 5.91 Å². The summed E-state index contributed by atoms with van der Waals surface area (Å²) in [5.74, 6) is -1.22. The minimum absolute atomic E-state index is 0.0123. The van der Waals surface area contributed by atoms with Gasteiger partial charge in [0.2, 0.25) is 5.88 Å². The number of hydrogen-bond donors (Lipinski definition) is 2. The number of nitrogens with zero attached hydrogens (tertiary/aromatic N) is 2. The highest BCUT2D eigenvalue weighted by atomic mass is 16.5. The molecule has 0 spiro atoms. The summed E-state index contributed by atoms with van der Waals surface area (Å²) < 4.78 is 5.41. The van der Waals surface area contributed by atoms with E-state index in [4.69, 9.17) is 9.84 Å². The zero-order chi connectivity index (χ0) is 16.3. The molecule has 0 aliphatic carbocycles. The van der Waals surface area contributed by atoms with Crippen molar-refractivity contribution in [2.75, 3.05) is 13.1 Å². The maximum Gasteiger partial charge on any atom is 0.337 e. The Morgan fingerprint density at radius 1 is 1.41 bits per heavy atom. The van der Waals surface area contributed by atoms with Gasteiger partial charge in [0.15, 0.2) is 5.60 Å². The molecule has 0 saturated carbocycles. The van der Waals surface area contributed by atoms with Crippen molar-refractivity contribution in [1.82, 2.24) is 9.88 Å². The lowest BCUT2D eigenvalue weighted by molar-refractivity contribution is -0.163. The Hall–Kier alpha value is -2.15. The molecule has 2 N–H and O–H groups in total. The third kappa shape index (κ3) is 3.54. The van der Waals surface area contributed by atoms with Crippen LogP contribution in [0, 0.1) is 0 Å². The lowest BCUT2D eigenvalue weighted by Crippen LogP contribution is -2.54. The average Bonchev–Trinajstić information content (AvgIpc) is 2.46. The molecular weight excluding hydrogens is 288 g/mol. The van der Waals surface area contributed by atoms with Crippen LogP contribution in [-0.4, -0.2) is 56.8 Å². The monoisotopic (exact) mass is 308 g/mol. The van der Waals surface area contributed by atoms with Gasteiger partial charge < -0.3 is 19.8 Å². The second-order valence-electron chi connectivity index (χ2n) is 5.72. The SMILES string of the molecule is CC(C)Oc1ccc(C(=O)N2CCCC(O)(C(=O)O)C2)cn1. The Morgan fingerprint density at radius 2 is 2.14 bits per heavy atom. The van der Waals surface area contributed by atoms with Crippen LogP contribution in [0.2, 0.25) is 0 Å². The predicted molar refractivity (Wildman–Crippen MR) is 77.7 cm³/mol. The van der Waals surface area contributed by atoms with Gasteiger partial charge in [-0.2, -0.15) is 0 Å². The van der Waals surface area contributed by atoms with E-state index in [9.17, 15) is 14.7 Å². The van der Waals surface area contributed by atoms with Crippen LogP contribution >= 0.6 is 0 Å². The lowest BCUT2D eigenvalue weighted by atomic mass is 9.92. The van der Waals surface area contributed by atoms with Gasteiger partial charge in [0.05, 0.1) is 18.2 Å². The van der Waals surface area contributed by atoms with E-state index in [1.165, 1.54) is 11.1 Å². The third-order valence-electron chi connectivity index (χ3n) is 3.50. The standard InChI is InChI=1S/C15H20N2O5/c1-10(2)22-12-5-4-11(8-16-12)13(18)17-7-3-6-15(21,9-17)14(19)20/h4-5,8,10,21H,3,6-7,9H2,1-2H3,(H,19,20). The summed E-state index contributed by atoms with van der Waals surface area (Å²) in [5, 5.41) is 19.1. The van der Waals surface area contributed by atoms with E-state index in [0.717, 1.165) is 0 Å². The fraction of sp³-hybridized carbons (Fsp3) is 0.533. The van der Waals surface area contributed by atoms with Crippen molar-refractivity contribution in [2.24, 2.45) is 0 Å². The summed E-state index contributed by atoms with van der Waals surface area (Å²) in [4.78, 5) is 28.9. The first-order chi connectivity index (χ1) is 10.3. The zero-order valence-electron chi connectivity index (χ0n) is 12.7. The number of carbonyl (C=O) groups is 2. The van der Waals surface area contributed by atoms with Crippen LogP contribution in [0.1, 0.15) is 37.0 Å². The Labute approximate surface area is 128 Å². The summed E-state index contributed by atoms with van der Waals surface area (Å²) in [6.45, 7) is 3.95. The van der Waals surface area contributed by atoms with Crippen LogP contribution in [0.15, 0.2) is 18.3 Å². The Bertz CT molecular complexity index is 558. The van der Waals surface area contributed by atoms with Gasteiger partial charge >= 0.3 is 5.97 Å². The number of aliphatic carboxylic acids is 1. The van der Waals surface area contributed by atoms with E-state index in [1.54, 1.807) is 12.1 Å². The molecule has 120 valence electrons. The maximum absolute atomic E-state index is 12.4. The van der Waals surface area contributed by atoms with Crippen LogP contribution < -0.4 is 4.74 Å². The van der Waals surface area contributed by atoms with Gasteiger partial charge in [0, 0.05) is 18.8 Å². The molecule has 1 fully saturated rings. The van der Waals surface area contributed by atoms with E-state index in [1.807, 2.05) is 13.8 Å². The second kappa shape index (κ2) is 6.31. The quantitative estimate of drug-likeness (QED) is 0.858. The molecule has 1 aliphatic rings. The highest BCUT2D eigenvalue weighted by Crippen LogP contribution is 2.23. The van der Waals surface area contributed by atoms with Crippen molar-refractivity contribution >= 4 is 11.9 Å². The molecule has 0 aromatic carbocycles. The first-order valence-corrected chi connectivity index (χ1v) is 7.19. The molecule has 2 rings (SSSR count). The second-order valence-corrected chi connectivity index (χ2v) is 5.72. The molecule has 7 heteroatoms. The van der Waals surface area contributed by atoms with Crippen molar-refractivity contribution in [3.63, 3.8) is 0 Å². The first-order valence-electron chi connectivity index (χ1n) is 7.19. The predicted octanol–water partition coefficient (Wildman–Crippen LogP) is 0.921. The van der Waals surface area contributed by atoms with Crippen molar-refractivity contribution in [3.05, 3.63) is 23.9 Å². The molecule has 22 heavy (non-hydrogen) atoms. The number of carboxylic acids is 1. The molecule has 7 nitrogen and oxygen atoms in total. The smallest absolute Gasteiger partial charge is 0.337 e. The molecule has 0 radical (unpaired) electrons. The minimum atomic E-state index is -1.87. The van der Waals surface area contributed by atoms with E-state index in [2.05, 4.69) is 4.98 Å². The largest absolute Gasteiger partial charge is 0.479 e. The highest BCUT2D eigenvalue weighted by molar-refractivity contribution is 5.94. The van der Waals surface area contributed by atoms with Crippen molar-refractivity contribution < 1.29 is 24.5 Å². The average molecular weight is 308 g/mol. The Kier molecular flexibility index (Phi) is 4.65. The summed E-state index contributed by atoms with van der Waals surface area (Å²) >= 11 is 0. The number of likely N-dealkylation sites (tertiary alicyclic amines) is 1. The molecule has 0 bridgehead atoms. The molecule has 1 aromatic heterocycles. The van der Waals surface area contributed by atoms with E-state index in [0.29, 0.717) is 24.4 Å². The van der Waals surface area contributed by atoms with Gasteiger partial charge in [-0.25, -0.2) is 9.78 Å². The Morgan fingerprint density at radius 3 is 2.68 bits per heavy atom.